The summed E-state index contributed by atoms with van der Waals surface area (Å²) in [6.45, 7) is 2.52. The lowest BCUT2D eigenvalue weighted by atomic mass is 10.2. The number of unbranched alkanes of at least 4 members (excludes halogenated alkanes) is 2. The Morgan fingerprint density at radius 2 is 2.18 bits per heavy atom. The summed E-state index contributed by atoms with van der Waals surface area (Å²) in [5, 5.41) is 2.74. The van der Waals surface area contributed by atoms with Crippen LogP contribution in [0.4, 0.5) is 0 Å². The Morgan fingerprint density at radius 1 is 1.45 bits per heavy atom. The zero-order chi connectivity index (χ0) is 8.53. The Hall–Kier alpha value is -0.860. The molecule has 0 bridgehead atoms. The van der Waals surface area contributed by atoms with Crippen LogP contribution in [0.3, 0.4) is 0 Å². The quantitative estimate of drug-likeness (QED) is 0.459. The summed E-state index contributed by atoms with van der Waals surface area (Å²) >= 11 is 0. The van der Waals surface area contributed by atoms with Crippen molar-refractivity contribution in [2.24, 2.45) is 0 Å². The van der Waals surface area contributed by atoms with Gasteiger partial charge in [-0.25, -0.2) is 0 Å². The molecule has 0 aliphatic rings. The van der Waals surface area contributed by atoms with E-state index in [4.69, 9.17) is 0 Å². The van der Waals surface area contributed by atoms with Gasteiger partial charge in [-0.05, 0) is 12.8 Å². The Balaban J connectivity index is 3.01. The molecule has 0 atom stereocenters. The van der Waals surface area contributed by atoms with Crippen LogP contribution >= 0.6 is 0 Å². The van der Waals surface area contributed by atoms with E-state index in [-0.39, 0.29) is 5.91 Å². The van der Waals surface area contributed by atoms with Crippen molar-refractivity contribution in [1.29, 1.82) is 0 Å². The Bertz CT molecular complexity index is 123. The van der Waals surface area contributed by atoms with Crippen molar-refractivity contribution in [3.63, 3.8) is 0 Å². The van der Waals surface area contributed by atoms with Gasteiger partial charge in [0.15, 0.2) is 0 Å². The molecular weight excluding hydrogens is 142 g/mol. The molecule has 0 radical (unpaired) electrons. The smallest absolute Gasteiger partial charge is 0.219 e. The summed E-state index contributed by atoms with van der Waals surface area (Å²) in [5.41, 5.74) is 0. The summed E-state index contributed by atoms with van der Waals surface area (Å²) in [6, 6.07) is 0. The highest BCUT2D eigenvalue weighted by Gasteiger charge is 1.93. The highest BCUT2D eigenvalue weighted by atomic mass is 16.1. The Kier molecular flexibility index (Phi) is 6.68. The van der Waals surface area contributed by atoms with Crippen LogP contribution in [0.15, 0.2) is 0 Å². The van der Waals surface area contributed by atoms with E-state index in [9.17, 15) is 9.59 Å². The predicted molar refractivity (Wildman–Crippen MR) is 43.2 cm³/mol. The minimum absolute atomic E-state index is 0.0797. The van der Waals surface area contributed by atoms with E-state index >= 15 is 0 Å². The molecule has 0 aliphatic heterocycles. The zero-order valence-corrected chi connectivity index (χ0v) is 6.93. The van der Waals surface area contributed by atoms with E-state index in [1.807, 2.05) is 6.92 Å². The van der Waals surface area contributed by atoms with Crippen molar-refractivity contribution in [2.45, 2.75) is 32.6 Å². The van der Waals surface area contributed by atoms with Gasteiger partial charge < -0.3 is 10.1 Å². The third-order valence-electron chi connectivity index (χ3n) is 1.39. The van der Waals surface area contributed by atoms with Gasteiger partial charge in [0.1, 0.15) is 6.29 Å². The van der Waals surface area contributed by atoms with Crippen molar-refractivity contribution < 1.29 is 9.59 Å². The largest absolute Gasteiger partial charge is 0.356 e. The highest BCUT2D eigenvalue weighted by molar-refractivity contribution is 5.75. The summed E-state index contributed by atoms with van der Waals surface area (Å²) in [4.78, 5) is 20.5. The van der Waals surface area contributed by atoms with Gasteiger partial charge in [0, 0.05) is 19.4 Å². The predicted octanol–water partition coefficient (Wildman–Crippen LogP) is 0.882. The first kappa shape index (κ1) is 10.1. The van der Waals surface area contributed by atoms with Gasteiger partial charge in [-0.2, -0.15) is 0 Å². The molecule has 0 unspecified atom stereocenters. The van der Waals surface area contributed by atoms with Gasteiger partial charge in [-0.1, -0.05) is 6.92 Å². The standard InChI is InChI=1S/C8H15NO2/c1-2-8(11)9-6-4-3-5-7-10/h7H,2-6H2,1H3,(H,9,11). The molecule has 0 aliphatic carbocycles. The second kappa shape index (κ2) is 7.25. The van der Waals surface area contributed by atoms with Gasteiger partial charge in [0.25, 0.3) is 0 Å². The van der Waals surface area contributed by atoms with Gasteiger partial charge in [-0.15, -0.1) is 0 Å². The number of aldehydes is 1. The maximum Gasteiger partial charge on any atom is 0.219 e. The summed E-state index contributed by atoms with van der Waals surface area (Å²) in [6.07, 6.45) is 3.80. The van der Waals surface area contributed by atoms with Crippen LogP contribution in [0.25, 0.3) is 0 Å². The lowest BCUT2D eigenvalue weighted by Crippen LogP contribution is -2.23. The number of rotatable bonds is 6. The molecule has 3 nitrogen and oxygen atoms in total. The molecule has 0 heterocycles. The summed E-state index contributed by atoms with van der Waals surface area (Å²) in [7, 11) is 0. The van der Waals surface area contributed by atoms with Crippen LogP contribution in [0.5, 0.6) is 0 Å². The number of amides is 1. The third kappa shape index (κ3) is 7.03. The second-order valence-corrected chi connectivity index (χ2v) is 2.37. The van der Waals surface area contributed by atoms with Crippen molar-refractivity contribution in [3.8, 4) is 0 Å². The molecule has 0 saturated heterocycles. The zero-order valence-electron chi connectivity index (χ0n) is 6.93. The first-order valence-electron chi connectivity index (χ1n) is 4.01. The number of carbonyl (C=O) groups is 2. The Morgan fingerprint density at radius 3 is 2.73 bits per heavy atom. The average molecular weight is 157 g/mol. The molecule has 64 valence electrons. The molecule has 0 aromatic heterocycles. The van der Waals surface area contributed by atoms with Crippen molar-refractivity contribution >= 4 is 12.2 Å². The second-order valence-electron chi connectivity index (χ2n) is 2.37. The number of hydrogen-bond donors (Lipinski definition) is 1. The molecule has 11 heavy (non-hydrogen) atoms. The molecule has 0 spiro atoms. The van der Waals surface area contributed by atoms with Crippen LogP contribution in [0, 0.1) is 0 Å². The van der Waals surface area contributed by atoms with E-state index in [1.165, 1.54) is 0 Å². The lowest BCUT2D eigenvalue weighted by molar-refractivity contribution is -0.120. The molecule has 0 rings (SSSR count). The molecule has 1 amide bonds. The maximum atomic E-state index is 10.7. The minimum atomic E-state index is 0.0797. The topological polar surface area (TPSA) is 46.2 Å². The first-order chi connectivity index (χ1) is 5.31. The normalized spacial score (nSPS) is 9.18. The van der Waals surface area contributed by atoms with Crippen LogP contribution < -0.4 is 5.32 Å². The van der Waals surface area contributed by atoms with Crippen LogP contribution in [0.1, 0.15) is 32.6 Å². The molecule has 0 aromatic rings. The van der Waals surface area contributed by atoms with Crippen LogP contribution in [0.2, 0.25) is 0 Å². The minimum Gasteiger partial charge on any atom is -0.356 e. The van der Waals surface area contributed by atoms with Gasteiger partial charge >= 0.3 is 0 Å². The summed E-state index contributed by atoms with van der Waals surface area (Å²) < 4.78 is 0. The van der Waals surface area contributed by atoms with Crippen molar-refractivity contribution in [3.05, 3.63) is 0 Å². The molecule has 1 N–H and O–H groups in total. The fourth-order valence-electron chi connectivity index (χ4n) is 0.705. The SMILES string of the molecule is CCC(=O)NCCCCC=O. The maximum absolute atomic E-state index is 10.7. The van der Waals surface area contributed by atoms with Crippen LogP contribution in [-0.4, -0.2) is 18.7 Å². The number of hydrogen-bond acceptors (Lipinski definition) is 2. The molecule has 0 fully saturated rings. The van der Waals surface area contributed by atoms with Gasteiger partial charge in [-0.3, -0.25) is 4.79 Å². The monoisotopic (exact) mass is 157 g/mol. The van der Waals surface area contributed by atoms with Crippen molar-refractivity contribution in [2.75, 3.05) is 6.54 Å². The van der Waals surface area contributed by atoms with Crippen molar-refractivity contribution in [1.82, 2.24) is 5.32 Å². The van der Waals surface area contributed by atoms with E-state index in [0.29, 0.717) is 19.4 Å². The highest BCUT2D eigenvalue weighted by Crippen LogP contribution is 1.89. The molecule has 3 heteroatoms. The number of nitrogens with one attached hydrogen (secondary N) is 1. The van der Waals surface area contributed by atoms with E-state index in [1.54, 1.807) is 0 Å². The fraction of sp³-hybridized carbons (Fsp3) is 0.750. The third-order valence-corrected chi connectivity index (χ3v) is 1.39. The average Bonchev–Trinajstić information content (AvgIpc) is 2.04. The van der Waals surface area contributed by atoms with Gasteiger partial charge in [0.05, 0.1) is 0 Å². The van der Waals surface area contributed by atoms with E-state index in [2.05, 4.69) is 5.32 Å². The lowest BCUT2D eigenvalue weighted by Gasteiger charge is -2.00. The van der Waals surface area contributed by atoms with Crippen LogP contribution in [-0.2, 0) is 9.59 Å². The fourth-order valence-corrected chi connectivity index (χ4v) is 0.705. The van der Waals surface area contributed by atoms with E-state index in [0.717, 1.165) is 19.1 Å². The van der Waals surface area contributed by atoms with E-state index < -0.39 is 0 Å². The molecule has 0 aromatic carbocycles. The summed E-state index contributed by atoms with van der Waals surface area (Å²) in [5.74, 6) is 0.0797. The number of carbonyl (C=O) groups excluding carboxylic acids is 2. The Labute approximate surface area is 67.2 Å². The molecular formula is C8H15NO2. The first-order valence-corrected chi connectivity index (χ1v) is 4.01. The molecule has 0 saturated carbocycles. The van der Waals surface area contributed by atoms with Gasteiger partial charge in [0.2, 0.25) is 5.91 Å².